The zero-order valence-electron chi connectivity index (χ0n) is 17.4. The van der Waals surface area contributed by atoms with Gasteiger partial charge in [0.25, 0.3) is 0 Å². The summed E-state index contributed by atoms with van der Waals surface area (Å²) >= 11 is 3.52. The van der Waals surface area contributed by atoms with E-state index in [9.17, 15) is 14.9 Å². The molecule has 1 fully saturated rings. The number of piperidine rings is 1. The summed E-state index contributed by atoms with van der Waals surface area (Å²) in [6, 6.07) is 16.4. The summed E-state index contributed by atoms with van der Waals surface area (Å²) in [5, 5.41) is 12.5. The first kappa shape index (κ1) is 22.0. The van der Waals surface area contributed by atoms with Gasteiger partial charge in [-0.15, -0.1) is 0 Å². The molecule has 1 amide bonds. The van der Waals surface area contributed by atoms with E-state index >= 15 is 0 Å². The summed E-state index contributed by atoms with van der Waals surface area (Å²) in [5.74, 6) is -0.0476. The minimum Gasteiger partial charge on any atom is -0.497 e. The Hall–Kier alpha value is -3.26. The van der Waals surface area contributed by atoms with Crippen LogP contribution in [0.1, 0.15) is 35.1 Å². The van der Waals surface area contributed by atoms with Crippen molar-refractivity contribution >= 4 is 21.8 Å². The number of hydrogen-bond donors (Lipinski definition) is 0. The third-order valence-electron chi connectivity index (χ3n) is 5.87. The Morgan fingerprint density at radius 1 is 1.16 bits per heavy atom. The van der Waals surface area contributed by atoms with Gasteiger partial charge in [-0.25, -0.2) is 0 Å². The fourth-order valence-corrected chi connectivity index (χ4v) is 4.95. The summed E-state index contributed by atoms with van der Waals surface area (Å²) < 4.78 is 6.01. The fourth-order valence-electron chi connectivity index (χ4n) is 4.37. The summed E-state index contributed by atoms with van der Waals surface area (Å²) in [6.07, 6.45) is 3.39. The van der Waals surface area contributed by atoms with E-state index in [1.807, 2.05) is 30.3 Å². The molecule has 1 aliphatic rings. The number of ether oxygens (including phenoxy) is 1. The molecule has 164 valence electrons. The Kier molecular flexibility index (Phi) is 6.50. The van der Waals surface area contributed by atoms with E-state index in [1.165, 1.54) is 0 Å². The van der Waals surface area contributed by atoms with Gasteiger partial charge in [-0.05, 0) is 41.0 Å². The number of rotatable bonds is 6. The molecule has 0 bridgehead atoms. The van der Waals surface area contributed by atoms with E-state index in [4.69, 9.17) is 4.74 Å². The maximum absolute atomic E-state index is 13.4. The van der Waals surface area contributed by atoms with Crippen molar-refractivity contribution in [3.05, 3.63) is 104 Å². The normalized spacial score (nSPS) is 20.8. The number of halogens is 1. The van der Waals surface area contributed by atoms with Crippen molar-refractivity contribution in [2.75, 3.05) is 7.11 Å². The first-order chi connectivity index (χ1) is 15.5. The molecule has 1 unspecified atom stereocenters. The van der Waals surface area contributed by atoms with Gasteiger partial charge >= 0.3 is 0 Å². The smallest absolute Gasteiger partial charge is 0.244 e. The first-order valence-electron chi connectivity index (χ1n) is 10.2. The number of likely N-dealkylation sites (tertiary alicyclic amines) is 1. The van der Waals surface area contributed by atoms with Crippen molar-refractivity contribution in [1.29, 1.82) is 0 Å². The van der Waals surface area contributed by atoms with Gasteiger partial charge in [0, 0.05) is 34.8 Å². The zero-order chi connectivity index (χ0) is 22.7. The topological polar surface area (TPSA) is 85.6 Å². The minimum absolute atomic E-state index is 0.0567. The predicted molar refractivity (Wildman–Crippen MR) is 123 cm³/mol. The predicted octanol–water partition coefficient (Wildman–Crippen LogP) is 4.76. The number of hydrogen-bond acceptors (Lipinski definition) is 5. The van der Waals surface area contributed by atoms with Crippen LogP contribution in [0.3, 0.4) is 0 Å². The molecule has 3 atom stereocenters. The van der Waals surface area contributed by atoms with Crippen LogP contribution in [0.5, 0.6) is 5.75 Å². The molecule has 1 aliphatic heterocycles. The van der Waals surface area contributed by atoms with Crippen molar-refractivity contribution in [2.45, 2.75) is 31.0 Å². The lowest BCUT2D eigenvalue weighted by Gasteiger charge is -2.41. The number of nitro groups is 1. The SMILES string of the molecule is COc1ccc([C@@H]2[C@@H]([N+](=O)[O-])C(c3ccccc3Br)CC(=O)N2Cc2cccnc2)cc1. The number of benzene rings is 2. The van der Waals surface area contributed by atoms with Gasteiger partial charge < -0.3 is 9.64 Å². The van der Waals surface area contributed by atoms with Crippen molar-refractivity contribution in [2.24, 2.45) is 0 Å². The highest BCUT2D eigenvalue weighted by molar-refractivity contribution is 9.10. The molecule has 8 heteroatoms. The number of aromatic nitrogens is 1. The molecule has 32 heavy (non-hydrogen) atoms. The molecule has 2 heterocycles. The summed E-state index contributed by atoms with van der Waals surface area (Å²) in [7, 11) is 1.57. The number of methoxy groups -OCH3 is 1. The van der Waals surface area contributed by atoms with Crippen LogP contribution >= 0.6 is 15.9 Å². The largest absolute Gasteiger partial charge is 0.497 e. The van der Waals surface area contributed by atoms with E-state index in [0.29, 0.717) is 11.3 Å². The van der Waals surface area contributed by atoms with E-state index in [-0.39, 0.29) is 23.8 Å². The highest BCUT2D eigenvalue weighted by Crippen LogP contribution is 2.44. The van der Waals surface area contributed by atoms with E-state index in [2.05, 4.69) is 20.9 Å². The molecule has 2 aromatic carbocycles. The van der Waals surface area contributed by atoms with Crippen LogP contribution in [-0.4, -0.2) is 33.9 Å². The van der Waals surface area contributed by atoms with Crippen LogP contribution in [-0.2, 0) is 11.3 Å². The van der Waals surface area contributed by atoms with Crippen LogP contribution in [0.25, 0.3) is 0 Å². The molecule has 0 saturated carbocycles. The Morgan fingerprint density at radius 3 is 2.53 bits per heavy atom. The fraction of sp³-hybridized carbons (Fsp3) is 0.250. The van der Waals surface area contributed by atoms with Gasteiger partial charge in [0.05, 0.1) is 13.0 Å². The lowest BCUT2D eigenvalue weighted by Crippen LogP contribution is -2.51. The van der Waals surface area contributed by atoms with Crippen LogP contribution in [0.4, 0.5) is 0 Å². The van der Waals surface area contributed by atoms with Gasteiger partial charge in [0.15, 0.2) is 0 Å². The monoisotopic (exact) mass is 495 g/mol. The van der Waals surface area contributed by atoms with Gasteiger partial charge in [0.2, 0.25) is 11.9 Å². The second-order valence-electron chi connectivity index (χ2n) is 7.71. The number of nitrogens with zero attached hydrogens (tertiary/aromatic N) is 3. The Bertz CT molecular complexity index is 1110. The number of carbonyl (C=O) groups is 1. The molecule has 0 radical (unpaired) electrons. The molecular weight excluding hydrogens is 474 g/mol. The van der Waals surface area contributed by atoms with Crippen LogP contribution in [0, 0.1) is 10.1 Å². The molecule has 0 N–H and O–H groups in total. The maximum Gasteiger partial charge on any atom is 0.244 e. The zero-order valence-corrected chi connectivity index (χ0v) is 19.0. The molecule has 0 aliphatic carbocycles. The average molecular weight is 496 g/mol. The average Bonchev–Trinajstić information content (AvgIpc) is 2.81. The van der Waals surface area contributed by atoms with Crippen LogP contribution in [0.2, 0.25) is 0 Å². The number of pyridine rings is 1. The highest BCUT2D eigenvalue weighted by atomic mass is 79.9. The Morgan fingerprint density at radius 2 is 1.91 bits per heavy atom. The lowest BCUT2D eigenvalue weighted by molar-refractivity contribution is -0.537. The summed E-state index contributed by atoms with van der Waals surface area (Å²) in [5.41, 5.74) is 2.28. The molecular formula is C24H22BrN3O4. The molecule has 3 aromatic rings. The first-order valence-corrected chi connectivity index (χ1v) is 11.0. The van der Waals surface area contributed by atoms with Crippen molar-refractivity contribution < 1.29 is 14.5 Å². The molecule has 0 spiro atoms. The lowest BCUT2D eigenvalue weighted by atomic mass is 9.78. The van der Waals surface area contributed by atoms with Crippen LogP contribution in [0.15, 0.2) is 77.5 Å². The summed E-state index contributed by atoms with van der Waals surface area (Å²) in [4.78, 5) is 31.4. The van der Waals surface area contributed by atoms with Crippen molar-refractivity contribution in [3.8, 4) is 5.75 Å². The molecule has 1 aromatic heterocycles. The summed E-state index contributed by atoms with van der Waals surface area (Å²) in [6.45, 7) is 0.246. The van der Waals surface area contributed by atoms with Gasteiger partial charge in [-0.1, -0.05) is 52.3 Å². The second kappa shape index (κ2) is 9.48. The van der Waals surface area contributed by atoms with E-state index in [1.54, 1.807) is 54.7 Å². The highest BCUT2D eigenvalue weighted by Gasteiger charge is 2.51. The molecule has 7 nitrogen and oxygen atoms in total. The standard InChI is InChI=1S/C24H22BrN3O4/c1-32-18-10-8-17(9-11-18)23-24(28(30)31)20(19-6-2-3-7-21(19)25)13-22(29)27(23)15-16-5-4-12-26-14-16/h2-12,14,20,23-24H,13,15H2,1H3/t20?,23-,24+/m1/s1. The Labute approximate surface area is 194 Å². The van der Waals surface area contributed by atoms with Crippen LogP contribution < -0.4 is 4.74 Å². The minimum atomic E-state index is -1.02. The third kappa shape index (κ3) is 4.36. The van der Waals surface area contributed by atoms with Gasteiger partial charge in [-0.3, -0.25) is 19.9 Å². The van der Waals surface area contributed by atoms with Gasteiger partial charge in [-0.2, -0.15) is 0 Å². The van der Waals surface area contributed by atoms with Crippen molar-refractivity contribution in [3.63, 3.8) is 0 Å². The quantitative estimate of drug-likeness (QED) is 0.363. The molecule has 1 saturated heterocycles. The van der Waals surface area contributed by atoms with E-state index in [0.717, 1.165) is 15.6 Å². The number of amides is 1. The second-order valence-corrected chi connectivity index (χ2v) is 8.56. The third-order valence-corrected chi connectivity index (χ3v) is 6.59. The maximum atomic E-state index is 13.4. The number of carbonyl (C=O) groups excluding carboxylic acids is 1. The molecule has 4 rings (SSSR count). The Balaban J connectivity index is 1.82. The van der Waals surface area contributed by atoms with Crippen molar-refractivity contribution in [1.82, 2.24) is 9.88 Å². The van der Waals surface area contributed by atoms with Gasteiger partial charge in [0.1, 0.15) is 11.8 Å². The van der Waals surface area contributed by atoms with E-state index < -0.39 is 18.0 Å².